The Labute approximate surface area is 306 Å². The first kappa shape index (κ1) is 35.3. The summed E-state index contributed by atoms with van der Waals surface area (Å²) in [6.07, 6.45) is 13.9. The quantitative estimate of drug-likeness (QED) is 0.0965. The molecule has 4 bridgehead atoms. The van der Waals surface area contributed by atoms with E-state index >= 15 is 0 Å². The van der Waals surface area contributed by atoms with Crippen LogP contribution in [0.4, 0.5) is 28.8 Å². The molecule has 11 heteroatoms. The lowest BCUT2D eigenvalue weighted by Crippen LogP contribution is -2.48. The van der Waals surface area contributed by atoms with E-state index in [1.54, 1.807) is 6.20 Å². The Morgan fingerprint density at radius 2 is 1.67 bits per heavy atom. The van der Waals surface area contributed by atoms with Crippen molar-refractivity contribution in [3.8, 4) is 0 Å². The molecule has 1 saturated heterocycles. The van der Waals surface area contributed by atoms with Crippen molar-refractivity contribution in [2.75, 3.05) is 60.1 Å². The van der Waals surface area contributed by atoms with Crippen molar-refractivity contribution >= 4 is 52.2 Å². The molecule has 1 aromatic heterocycles. The summed E-state index contributed by atoms with van der Waals surface area (Å²) >= 11 is 6.40. The summed E-state index contributed by atoms with van der Waals surface area (Å²) in [5.74, 6) is 3.69. The van der Waals surface area contributed by atoms with Gasteiger partial charge in [0.25, 0.3) is 0 Å². The van der Waals surface area contributed by atoms with Gasteiger partial charge in [-0.05, 0) is 129 Å². The first-order chi connectivity index (χ1) is 24.8. The average Bonchev–Trinajstić information content (AvgIpc) is 3.11. The van der Waals surface area contributed by atoms with E-state index in [0.29, 0.717) is 40.3 Å². The molecule has 270 valence electrons. The van der Waals surface area contributed by atoms with E-state index in [0.717, 1.165) is 87.5 Å². The van der Waals surface area contributed by atoms with Crippen molar-refractivity contribution in [1.82, 2.24) is 20.2 Å². The van der Waals surface area contributed by atoms with Gasteiger partial charge in [-0.3, -0.25) is 14.5 Å². The van der Waals surface area contributed by atoms with Crippen molar-refractivity contribution in [2.24, 2.45) is 23.2 Å². The van der Waals surface area contributed by atoms with Gasteiger partial charge in [0, 0.05) is 62.8 Å². The van der Waals surface area contributed by atoms with Gasteiger partial charge in [-0.25, -0.2) is 4.98 Å². The summed E-state index contributed by atoms with van der Waals surface area (Å²) in [5.41, 5.74) is 4.07. The number of unbranched alkanes of at least 4 members (excludes halogenated alkanes) is 1. The predicted molar refractivity (Wildman–Crippen MR) is 205 cm³/mol. The lowest BCUT2D eigenvalue weighted by Gasteiger charge is -2.56. The van der Waals surface area contributed by atoms with Crippen LogP contribution in [0.2, 0.25) is 5.02 Å². The molecule has 2 heterocycles. The number of halogens is 1. The normalized spacial score (nSPS) is 23.9. The highest BCUT2D eigenvalue weighted by atomic mass is 35.5. The highest BCUT2D eigenvalue weighted by Gasteiger charge is 2.51. The van der Waals surface area contributed by atoms with Crippen LogP contribution < -0.4 is 26.2 Å². The zero-order chi connectivity index (χ0) is 35.2. The second-order valence-corrected chi connectivity index (χ2v) is 15.7. The Morgan fingerprint density at radius 3 is 2.37 bits per heavy atom. The van der Waals surface area contributed by atoms with E-state index in [4.69, 9.17) is 11.6 Å². The summed E-state index contributed by atoms with van der Waals surface area (Å²) in [4.78, 5) is 38.4. The van der Waals surface area contributed by atoms with Crippen molar-refractivity contribution in [1.29, 1.82) is 0 Å². The highest BCUT2D eigenvalue weighted by molar-refractivity contribution is 6.32. The van der Waals surface area contributed by atoms with Crippen LogP contribution >= 0.6 is 11.6 Å². The maximum Gasteiger partial charge on any atom is 0.247 e. The van der Waals surface area contributed by atoms with Gasteiger partial charge in [0.1, 0.15) is 5.02 Å². The van der Waals surface area contributed by atoms with Gasteiger partial charge in [0.2, 0.25) is 17.8 Å². The SMILES string of the molecule is C=CC(=O)Nc1cccc(CNc2nc(Nc3ccc(N4CCN(CCCCNC(=O)CC56CC7CC(CC(C7)C5)C6)CC4)cc3)ncc2Cl)c1. The van der Waals surface area contributed by atoms with Crippen molar-refractivity contribution in [3.05, 3.63) is 78.0 Å². The fraction of sp³-hybridized carbons (Fsp3) is 0.500. The van der Waals surface area contributed by atoms with Crippen LogP contribution in [-0.2, 0) is 16.1 Å². The number of nitrogens with one attached hydrogen (secondary N) is 4. The summed E-state index contributed by atoms with van der Waals surface area (Å²) in [5, 5.41) is 13.0. The molecule has 0 atom stereocenters. The van der Waals surface area contributed by atoms with Gasteiger partial charge in [0.05, 0.1) is 6.20 Å². The van der Waals surface area contributed by atoms with Crippen LogP contribution in [0.15, 0.2) is 67.4 Å². The summed E-state index contributed by atoms with van der Waals surface area (Å²) in [6.45, 7) is 9.92. The van der Waals surface area contributed by atoms with Gasteiger partial charge < -0.3 is 26.2 Å². The second kappa shape index (κ2) is 16.0. The van der Waals surface area contributed by atoms with Gasteiger partial charge in [-0.2, -0.15) is 4.98 Å². The zero-order valence-electron chi connectivity index (χ0n) is 29.5. The lowest BCUT2D eigenvalue weighted by molar-refractivity contribution is -0.129. The third-order valence-corrected chi connectivity index (χ3v) is 11.6. The van der Waals surface area contributed by atoms with E-state index in [1.807, 2.05) is 36.4 Å². The molecule has 10 nitrogen and oxygen atoms in total. The standard InChI is InChI=1S/C40H51ClN8O2/c1-2-36(50)45-33-7-5-6-28(21-33)26-43-38-35(41)27-44-39(47-38)46-32-8-10-34(11-9-32)49-16-14-48(15-17-49)13-4-3-12-42-37(51)25-40-22-29-18-30(23-40)20-31(19-29)24-40/h2,5-11,21,27,29-31H,1,3-4,12-20,22-26H2,(H,42,51)(H,45,50)(H2,43,44,46,47). The molecule has 0 radical (unpaired) electrons. The van der Waals surface area contributed by atoms with Gasteiger partial charge >= 0.3 is 0 Å². The van der Waals surface area contributed by atoms with E-state index in [-0.39, 0.29) is 5.91 Å². The highest BCUT2D eigenvalue weighted by Crippen LogP contribution is 2.61. The van der Waals surface area contributed by atoms with Crippen LogP contribution in [0.1, 0.15) is 63.4 Å². The minimum Gasteiger partial charge on any atom is -0.369 e. The molecule has 5 fully saturated rings. The monoisotopic (exact) mass is 710 g/mol. The molecule has 2 aromatic carbocycles. The fourth-order valence-corrected chi connectivity index (χ4v) is 9.56. The predicted octanol–water partition coefficient (Wildman–Crippen LogP) is 7.24. The molecular weight excluding hydrogens is 660 g/mol. The Hall–Kier alpha value is -4.15. The smallest absolute Gasteiger partial charge is 0.247 e. The first-order valence-electron chi connectivity index (χ1n) is 18.7. The number of carbonyl (C=O) groups is 2. The van der Waals surface area contributed by atoms with E-state index < -0.39 is 0 Å². The van der Waals surface area contributed by atoms with E-state index in [9.17, 15) is 9.59 Å². The molecule has 0 spiro atoms. The molecule has 51 heavy (non-hydrogen) atoms. The second-order valence-electron chi connectivity index (χ2n) is 15.3. The van der Waals surface area contributed by atoms with Gasteiger partial charge in [0.15, 0.2) is 5.82 Å². The van der Waals surface area contributed by atoms with Crippen LogP contribution in [0, 0.1) is 23.2 Å². The molecule has 4 aliphatic carbocycles. The Balaban J connectivity index is 0.802. The van der Waals surface area contributed by atoms with E-state index in [2.05, 4.69) is 59.7 Å². The zero-order valence-corrected chi connectivity index (χ0v) is 30.3. The van der Waals surface area contributed by atoms with Crippen LogP contribution in [-0.4, -0.2) is 66.0 Å². The average molecular weight is 711 g/mol. The number of anilines is 5. The maximum absolute atomic E-state index is 12.9. The Kier molecular flexibility index (Phi) is 11.1. The summed E-state index contributed by atoms with van der Waals surface area (Å²) in [6, 6.07) is 15.9. The number of hydrogen-bond acceptors (Lipinski definition) is 8. The summed E-state index contributed by atoms with van der Waals surface area (Å²) < 4.78 is 0. The largest absolute Gasteiger partial charge is 0.369 e. The van der Waals surface area contributed by atoms with Crippen LogP contribution in [0.3, 0.4) is 0 Å². The number of hydrogen-bond donors (Lipinski definition) is 4. The van der Waals surface area contributed by atoms with E-state index in [1.165, 1.54) is 50.3 Å². The fourth-order valence-electron chi connectivity index (χ4n) is 9.40. The number of nitrogens with zero attached hydrogens (tertiary/aromatic N) is 4. The number of amides is 2. The third kappa shape index (κ3) is 9.21. The number of aromatic nitrogens is 2. The Morgan fingerprint density at radius 1 is 0.941 bits per heavy atom. The van der Waals surface area contributed by atoms with Crippen molar-refractivity contribution in [3.63, 3.8) is 0 Å². The Bertz CT molecular complexity index is 1650. The molecule has 4 saturated carbocycles. The number of piperazine rings is 1. The van der Waals surface area contributed by atoms with Gasteiger partial charge in [-0.15, -0.1) is 0 Å². The maximum atomic E-state index is 12.9. The molecule has 0 unspecified atom stereocenters. The number of benzene rings is 2. The minimum absolute atomic E-state index is 0.257. The molecule has 5 aliphatic rings. The number of carbonyl (C=O) groups excluding carboxylic acids is 2. The third-order valence-electron chi connectivity index (χ3n) is 11.4. The topological polar surface area (TPSA) is 115 Å². The molecule has 2 amide bonds. The number of rotatable bonds is 15. The van der Waals surface area contributed by atoms with Crippen molar-refractivity contribution < 1.29 is 9.59 Å². The molecule has 3 aromatic rings. The van der Waals surface area contributed by atoms with Crippen LogP contribution in [0.25, 0.3) is 0 Å². The minimum atomic E-state index is -0.257. The molecular formula is C40H51ClN8O2. The molecule has 4 N–H and O–H groups in total. The molecule has 8 rings (SSSR count). The summed E-state index contributed by atoms with van der Waals surface area (Å²) in [7, 11) is 0. The van der Waals surface area contributed by atoms with Gasteiger partial charge in [-0.1, -0.05) is 30.3 Å². The molecule has 1 aliphatic heterocycles. The van der Waals surface area contributed by atoms with Crippen LogP contribution in [0.5, 0.6) is 0 Å². The first-order valence-corrected chi connectivity index (χ1v) is 19.1. The lowest BCUT2D eigenvalue weighted by atomic mass is 9.49. The van der Waals surface area contributed by atoms with Crippen molar-refractivity contribution in [2.45, 2.75) is 64.3 Å².